The van der Waals surface area contributed by atoms with Gasteiger partial charge >= 0.3 is 0 Å². The van der Waals surface area contributed by atoms with Crippen molar-refractivity contribution in [3.63, 3.8) is 0 Å². The normalized spacial score (nSPS) is 25.1. The Bertz CT molecular complexity index is 1260. The molecule has 1 aliphatic heterocycles. The molecule has 1 saturated carbocycles. The number of fused-ring (bicyclic) bond motifs is 1. The lowest BCUT2D eigenvalue weighted by atomic mass is 9.88. The summed E-state index contributed by atoms with van der Waals surface area (Å²) in [5.41, 5.74) is 2.07. The molecule has 0 unspecified atom stereocenters. The van der Waals surface area contributed by atoms with E-state index >= 15 is 0 Å². The van der Waals surface area contributed by atoms with Crippen LogP contribution in [-0.4, -0.2) is 78.9 Å². The Morgan fingerprint density at radius 3 is 2.51 bits per heavy atom. The van der Waals surface area contributed by atoms with Gasteiger partial charge in [0.2, 0.25) is 5.95 Å². The first-order chi connectivity index (χ1) is 17.6. The van der Waals surface area contributed by atoms with Gasteiger partial charge in [0.25, 0.3) is 0 Å². The van der Waals surface area contributed by atoms with Crippen molar-refractivity contribution >= 4 is 33.3 Å². The molecule has 4 heterocycles. The standard InChI is InChI=1S/C26H36N6O4S/c1-13-19(24-31-20-14(2)27-8-5-18(20)37-24)23(30-17-11-16(26(3,4)35)21(33)22(17)34)32-25(29-13)28-12-15-6-9-36-10-7-15/h5,8,15-17,21-22,33-35H,6-7,9-12H2,1-4H3,(H2,28,29,30,32)/t16-,17+,21+,22-/m0/s1. The molecular weight excluding hydrogens is 492 g/mol. The van der Waals surface area contributed by atoms with Crippen LogP contribution in [0.5, 0.6) is 0 Å². The first kappa shape index (κ1) is 26.2. The van der Waals surface area contributed by atoms with Crippen LogP contribution in [0.4, 0.5) is 11.8 Å². The highest BCUT2D eigenvalue weighted by Crippen LogP contribution is 2.40. The molecule has 3 aromatic rings. The van der Waals surface area contributed by atoms with Crippen molar-refractivity contribution in [3.8, 4) is 10.6 Å². The molecule has 0 bridgehead atoms. The monoisotopic (exact) mass is 528 g/mol. The van der Waals surface area contributed by atoms with Crippen LogP contribution in [-0.2, 0) is 4.74 Å². The third-order valence-electron chi connectivity index (χ3n) is 7.60. The number of aliphatic hydroxyl groups is 3. The largest absolute Gasteiger partial charge is 0.390 e. The van der Waals surface area contributed by atoms with Crippen molar-refractivity contribution in [1.82, 2.24) is 19.9 Å². The zero-order valence-corrected chi connectivity index (χ0v) is 22.5. The summed E-state index contributed by atoms with van der Waals surface area (Å²) in [5, 5.41) is 39.6. The second kappa shape index (κ2) is 10.4. The summed E-state index contributed by atoms with van der Waals surface area (Å²) in [7, 11) is 0. The molecule has 5 rings (SSSR count). The Morgan fingerprint density at radius 1 is 1.08 bits per heavy atom. The summed E-state index contributed by atoms with van der Waals surface area (Å²) in [6, 6.07) is 1.45. The molecule has 200 valence electrons. The van der Waals surface area contributed by atoms with E-state index in [1.54, 1.807) is 31.4 Å². The lowest BCUT2D eigenvalue weighted by Crippen LogP contribution is -2.40. The summed E-state index contributed by atoms with van der Waals surface area (Å²) in [6.07, 6.45) is 2.06. The van der Waals surface area contributed by atoms with Gasteiger partial charge in [-0.1, -0.05) is 0 Å². The predicted octanol–water partition coefficient (Wildman–Crippen LogP) is 2.90. The Morgan fingerprint density at radius 2 is 1.84 bits per heavy atom. The topological polar surface area (TPSA) is 146 Å². The van der Waals surface area contributed by atoms with Gasteiger partial charge < -0.3 is 30.7 Å². The smallest absolute Gasteiger partial charge is 0.224 e. The SMILES string of the molecule is Cc1nc(NCC2CCOCC2)nc(N[C@@H]2C[C@H](C(C)(C)O)[C@@H](O)[C@H]2O)c1-c1nc2c(C)nccc2s1. The van der Waals surface area contributed by atoms with E-state index < -0.39 is 29.8 Å². The number of ether oxygens (including phenoxy) is 1. The zero-order valence-electron chi connectivity index (χ0n) is 21.7. The second-order valence-corrected chi connectivity index (χ2v) is 11.8. The number of nitrogens with zero attached hydrogens (tertiary/aromatic N) is 4. The summed E-state index contributed by atoms with van der Waals surface area (Å²) < 4.78 is 6.49. The maximum absolute atomic E-state index is 10.9. The Balaban J connectivity index is 1.50. The molecule has 5 N–H and O–H groups in total. The van der Waals surface area contributed by atoms with Crippen LogP contribution in [0.2, 0.25) is 0 Å². The number of aliphatic hydroxyl groups excluding tert-OH is 2. The number of aryl methyl sites for hydroxylation is 2. The fraction of sp³-hybridized carbons (Fsp3) is 0.615. The minimum atomic E-state index is -1.13. The maximum atomic E-state index is 10.9. The first-order valence-electron chi connectivity index (χ1n) is 12.9. The first-order valence-corrected chi connectivity index (χ1v) is 13.7. The van der Waals surface area contributed by atoms with Crippen LogP contribution in [0, 0.1) is 25.7 Å². The molecule has 1 aliphatic carbocycles. The van der Waals surface area contributed by atoms with Crippen LogP contribution in [0.15, 0.2) is 12.3 Å². The lowest BCUT2D eigenvalue weighted by Gasteiger charge is -2.28. The van der Waals surface area contributed by atoms with Crippen LogP contribution < -0.4 is 10.6 Å². The van der Waals surface area contributed by atoms with E-state index in [2.05, 4.69) is 15.6 Å². The number of pyridine rings is 1. The second-order valence-electron chi connectivity index (χ2n) is 10.8. The van der Waals surface area contributed by atoms with Crippen molar-refractivity contribution in [2.24, 2.45) is 11.8 Å². The van der Waals surface area contributed by atoms with Gasteiger partial charge in [0.15, 0.2) is 0 Å². The zero-order chi connectivity index (χ0) is 26.3. The van der Waals surface area contributed by atoms with E-state index in [1.165, 1.54) is 0 Å². The van der Waals surface area contributed by atoms with E-state index in [1.807, 2.05) is 19.9 Å². The summed E-state index contributed by atoms with van der Waals surface area (Å²) in [4.78, 5) is 18.8. The van der Waals surface area contributed by atoms with Crippen molar-refractivity contribution in [3.05, 3.63) is 23.7 Å². The van der Waals surface area contributed by atoms with Crippen molar-refractivity contribution in [2.75, 3.05) is 30.4 Å². The van der Waals surface area contributed by atoms with Crippen LogP contribution in [0.3, 0.4) is 0 Å². The van der Waals surface area contributed by atoms with Gasteiger partial charge in [-0.15, -0.1) is 11.3 Å². The van der Waals surface area contributed by atoms with E-state index in [9.17, 15) is 15.3 Å². The van der Waals surface area contributed by atoms with Crippen molar-refractivity contribution in [1.29, 1.82) is 0 Å². The Hall–Kier alpha value is -2.44. The fourth-order valence-electron chi connectivity index (χ4n) is 5.34. The van der Waals surface area contributed by atoms with Gasteiger partial charge in [-0.3, -0.25) is 4.98 Å². The van der Waals surface area contributed by atoms with E-state index in [0.29, 0.717) is 24.1 Å². The molecule has 2 aliphatic rings. The minimum absolute atomic E-state index is 0.391. The van der Waals surface area contributed by atoms with E-state index in [4.69, 9.17) is 19.7 Å². The average Bonchev–Trinajstić information content (AvgIpc) is 3.40. The molecule has 0 aromatic carbocycles. The minimum Gasteiger partial charge on any atom is -0.390 e. The number of hydrogen-bond acceptors (Lipinski definition) is 11. The molecule has 2 fully saturated rings. The molecule has 0 amide bonds. The summed E-state index contributed by atoms with van der Waals surface area (Å²) in [5.74, 6) is 1.06. The van der Waals surface area contributed by atoms with Crippen molar-refractivity contribution in [2.45, 2.75) is 70.8 Å². The Kier molecular flexibility index (Phi) is 7.34. The van der Waals surface area contributed by atoms with Gasteiger partial charge in [0.1, 0.15) is 22.4 Å². The lowest BCUT2D eigenvalue weighted by molar-refractivity contribution is -0.0601. The van der Waals surface area contributed by atoms with Gasteiger partial charge in [0.05, 0.1) is 39.4 Å². The Labute approximate surface area is 220 Å². The molecule has 3 aromatic heterocycles. The summed E-state index contributed by atoms with van der Waals surface area (Å²) in [6.45, 7) is 9.48. The molecule has 37 heavy (non-hydrogen) atoms. The van der Waals surface area contributed by atoms with Gasteiger partial charge in [-0.2, -0.15) is 4.98 Å². The van der Waals surface area contributed by atoms with Crippen LogP contribution in [0.25, 0.3) is 20.8 Å². The van der Waals surface area contributed by atoms with Gasteiger partial charge in [-0.05, 0) is 58.9 Å². The number of rotatable bonds is 7. The van der Waals surface area contributed by atoms with Crippen LogP contribution >= 0.6 is 11.3 Å². The molecule has 10 nitrogen and oxygen atoms in total. The van der Waals surface area contributed by atoms with E-state index in [0.717, 1.165) is 64.8 Å². The highest BCUT2D eigenvalue weighted by molar-refractivity contribution is 7.21. The summed E-state index contributed by atoms with van der Waals surface area (Å²) >= 11 is 1.54. The molecule has 1 saturated heterocycles. The maximum Gasteiger partial charge on any atom is 0.224 e. The number of hydrogen-bond donors (Lipinski definition) is 5. The van der Waals surface area contributed by atoms with E-state index in [-0.39, 0.29) is 0 Å². The highest BCUT2D eigenvalue weighted by atomic mass is 32.1. The quantitative estimate of drug-likeness (QED) is 0.310. The molecule has 11 heteroatoms. The third kappa shape index (κ3) is 5.42. The fourth-order valence-corrected chi connectivity index (χ4v) is 6.45. The molecular formula is C26H36N6O4S. The van der Waals surface area contributed by atoms with Crippen LogP contribution in [0.1, 0.15) is 44.5 Å². The highest BCUT2D eigenvalue weighted by Gasteiger charge is 2.48. The van der Waals surface area contributed by atoms with Crippen molar-refractivity contribution < 1.29 is 20.1 Å². The number of thiazole rings is 1. The van der Waals surface area contributed by atoms with Gasteiger partial charge in [0, 0.05) is 31.9 Å². The molecule has 0 radical (unpaired) electrons. The number of aromatic nitrogens is 4. The number of nitrogens with one attached hydrogen (secondary N) is 2. The predicted molar refractivity (Wildman–Crippen MR) is 144 cm³/mol. The third-order valence-corrected chi connectivity index (χ3v) is 8.63. The molecule has 0 spiro atoms. The number of anilines is 2. The average molecular weight is 529 g/mol. The molecule has 4 atom stereocenters. The van der Waals surface area contributed by atoms with Gasteiger partial charge in [-0.25, -0.2) is 9.97 Å².